The molecule has 0 spiro atoms. The smallest absolute Gasteiger partial charge is 0.236 e. The molecule has 0 saturated carbocycles. The topological polar surface area (TPSA) is 50.3 Å². The highest BCUT2D eigenvalue weighted by molar-refractivity contribution is 7.92. The Morgan fingerprint density at radius 1 is 1.08 bits per heavy atom. The predicted octanol–water partition coefficient (Wildman–Crippen LogP) is 4.29. The largest absolute Gasteiger partial charge is 0.239 e. The molecular formula is C18H18N2O2S2. The minimum Gasteiger partial charge on any atom is -0.239 e. The number of thiazole rings is 1. The van der Waals surface area contributed by atoms with Crippen LogP contribution in [0.25, 0.3) is 16.3 Å². The van der Waals surface area contributed by atoms with E-state index in [0.717, 1.165) is 20.8 Å². The summed E-state index contributed by atoms with van der Waals surface area (Å²) in [6, 6.07) is 16.9. The van der Waals surface area contributed by atoms with Crippen LogP contribution in [0.3, 0.4) is 0 Å². The molecule has 0 aliphatic carbocycles. The monoisotopic (exact) mass is 358 g/mol. The van der Waals surface area contributed by atoms with Gasteiger partial charge >= 0.3 is 0 Å². The number of aromatic nitrogens is 1. The van der Waals surface area contributed by atoms with Crippen molar-refractivity contribution in [2.75, 3.05) is 7.05 Å². The summed E-state index contributed by atoms with van der Waals surface area (Å²) in [6.45, 7) is 1.85. The maximum atomic E-state index is 12.5. The molecule has 1 aromatic heterocycles. The minimum absolute atomic E-state index is 0.326. The fraction of sp³-hybridized carbons (Fsp3) is 0.167. The summed E-state index contributed by atoms with van der Waals surface area (Å²) >= 11 is 1.52. The van der Waals surface area contributed by atoms with E-state index in [9.17, 15) is 8.42 Å². The van der Waals surface area contributed by atoms with Gasteiger partial charge in [0.2, 0.25) is 10.0 Å². The summed E-state index contributed by atoms with van der Waals surface area (Å²) in [5, 5.41) is 2.03. The Labute approximate surface area is 146 Å². The molecule has 1 heterocycles. The molecule has 3 aromatic rings. The lowest BCUT2D eigenvalue weighted by Gasteiger charge is -2.20. The summed E-state index contributed by atoms with van der Waals surface area (Å²) in [4.78, 5) is 4.55. The van der Waals surface area contributed by atoms with Gasteiger partial charge in [-0.25, -0.2) is 13.4 Å². The molecule has 0 radical (unpaired) electrons. The Balaban J connectivity index is 1.83. The maximum Gasteiger partial charge on any atom is 0.236 e. The molecule has 6 heteroatoms. The van der Waals surface area contributed by atoms with E-state index in [2.05, 4.69) is 4.98 Å². The van der Waals surface area contributed by atoms with E-state index in [4.69, 9.17) is 0 Å². The van der Waals surface area contributed by atoms with Gasteiger partial charge in [-0.15, -0.1) is 11.3 Å². The van der Waals surface area contributed by atoms with E-state index in [1.165, 1.54) is 21.1 Å². The maximum absolute atomic E-state index is 12.5. The number of nitrogens with zero attached hydrogens (tertiary/aromatic N) is 2. The van der Waals surface area contributed by atoms with E-state index < -0.39 is 10.0 Å². The molecule has 0 unspecified atom stereocenters. The van der Waals surface area contributed by atoms with Crippen LogP contribution in [0.15, 0.2) is 60.0 Å². The van der Waals surface area contributed by atoms with Crippen LogP contribution in [0.5, 0.6) is 0 Å². The lowest BCUT2D eigenvalue weighted by atomic mass is 10.2. The second-order valence-electron chi connectivity index (χ2n) is 5.47. The molecule has 0 aliphatic rings. The van der Waals surface area contributed by atoms with Gasteiger partial charge in [-0.2, -0.15) is 4.31 Å². The summed E-state index contributed by atoms with van der Waals surface area (Å²) in [5.41, 5.74) is 1.75. The van der Waals surface area contributed by atoms with E-state index in [1.54, 1.807) is 13.1 Å². The minimum atomic E-state index is -3.52. The molecular weight excluding hydrogens is 340 g/mol. The van der Waals surface area contributed by atoms with Crippen LogP contribution < -0.4 is 0 Å². The van der Waals surface area contributed by atoms with Crippen molar-refractivity contribution in [3.8, 4) is 0 Å². The molecule has 24 heavy (non-hydrogen) atoms. The van der Waals surface area contributed by atoms with Gasteiger partial charge in [0.15, 0.2) is 0 Å². The third-order valence-corrected chi connectivity index (χ3v) is 6.65. The summed E-state index contributed by atoms with van der Waals surface area (Å²) < 4.78 is 27.5. The molecule has 0 bridgehead atoms. The first-order chi connectivity index (χ1) is 11.5. The predicted molar refractivity (Wildman–Crippen MR) is 100 cm³/mol. The highest BCUT2D eigenvalue weighted by Gasteiger charge is 2.24. The van der Waals surface area contributed by atoms with Crippen molar-refractivity contribution in [2.45, 2.75) is 13.0 Å². The number of fused-ring (bicyclic) bond motifs is 1. The Kier molecular flexibility index (Phi) is 4.80. The fourth-order valence-electron chi connectivity index (χ4n) is 2.27. The second kappa shape index (κ2) is 6.84. The van der Waals surface area contributed by atoms with Gasteiger partial charge in [-0.1, -0.05) is 42.5 Å². The standard InChI is InChI=1S/C18H18N2O2S2/c1-14(18-19-16-10-6-7-11-17(16)23-18)20(2)24(21,22)13-12-15-8-4-3-5-9-15/h3-14H,1-2H3/b13-12+/t14-/m1/s1. The first-order valence-corrected chi connectivity index (χ1v) is 9.86. The lowest BCUT2D eigenvalue weighted by molar-refractivity contribution is 0.403. The Bertz CT molecular complexity index is 930. The van der Waals surface area contributed by atoms with Crippen molar-refractivity contribution in [3.63, 3.8) is 0 Å². The molecule has 0 aliphatic heterocycles. The number of benzene rings is 2. The number of hydrogen-bond acceptors (Lipinski definition) is 4. The summed E-state index contributed by atoms with van der Waals surface area (Å²) in [6.07, 6.45) is 1.61. The third kappa shape index (κ3) is 3.56. The molecule has 4 nitrogen and oxygen atoms in total. The zero-order valence-corrected chi connectivity index (χ0v) is 15.1. The Morgan fingerprint density at radius 2 is 1.75 bits per heavy atom. The fourth-order valence-corrected chi connectivity index (χ4v) is 4.46. The second-order valence-corrected chi connectivity index (χ2v) is 8.41. The zero-order valence-electron chi connectivity index (χ0n) is 13.5. The molecule has 2 aromatic carbocycles. The quantitative estimate of drug-likeness (QED) is 0.684. The van der Waals surface area contributed by atoms with Crippen LogP contribution in [0.4, 0.5) is 0 Å². The van der Waals surface area contributed by atoms with Gasteiger partial charge in [-0.3, -0.25) is 0 Å². The zero-order chi connectivity index (χ0) is 17.2. The van der Waals surface area contributed by atoms with Crippen LogP contribution in [0.2, 0.25) is 0 Å². The van der Waals surface area contributed by atoms with Gasteiger partial charge in [-0.05, 0) is 30.7 Å². The third-order valence-electron chi connectivity index (χ3n) is 3.85. The van der Waals surface area contributed by atoms with Crippen molar-refractivity contribution in [1.29, 1.82) is 0 Å². The highest BCUT2D eigenvalue weighted by Crippen LogP contribution is 2.30. The molecule has 1 atom stereocenters. The summed E-state index contributed by atoms with van der Waals surface area (Å²) in [7, 11) is -1.94. The van der Waals surface area contributed by atoms with E-state index in [0.29, 0.717) is 0 Å². The van der Waals surface area contributed by atoms with E-state index >= 15 is 0 Å². The van der Waals surface area contributed by atoms with Crippen LogP contribution in [-0.2, 0) is 10.0 Å². The molecule has 0 N–H and O–H groups in total. The number of hydrogen-bond donors (Lipinski definition) is 0. The molecule has 124 valence electrons. The van der Waals surface area contributed by atoms with Crippen molar-refractivity contribution in [3.05, 3.63) is 70.6 Å². The van der Waals surface area contributed by atoms with Crippen LogP contribution in [0.1, 0.15) is 23.5 Å². The van der Waals surface area contributed by atoms with Crippen molar-refractivity contribution in [2.24, 2.45) is 0 Å². The molecule has 0 amide bonds. The highest BCUT2D eigenvalue weighted by atomic mass is 32.2. The Hall–Kier alpha value is -2.02. The van der Waals surface area contributed by atoms with Gasteiger partial charge < -0.3 is 0 Å². The van der Waals surface area contributed by atoms with Gasteiger partial charge in [0.25, 0.3) is 0 Å². The van der Waals surface area contributed by atoms with E-state index in [1.807, 2.05) is 61.5 Å². The number of sulfonamides is 1. The first-order valence-electron chi connectivity index (χ1n) is 7.54. The lowest BCUT2D eigenvalue weighted by Crippen LogP contribution is -2.27. The number of para-hydroxylation sites is 1. The van der Waals surface area contributed by atoms with Crippen molar-refractivity contribution >= 4 is 37.7 Å². The Morgan fingerprint density at radius 3 is 2.46 bits per heavy atom. The van der Waals surface area contributed by atoms with Crippen molar-refractivity contribution in [1.82, 2.24) is 9.29 Å². The average molecular weight is 358 g/mol. The van der Waals surface area contributed by atoms with Crippen LogP contribution >= 0.6 is 11.3 Å². The molecule has 0 saturated heterocycles. The average Bonchev–Trinajstić information content (AvgIpc) is 3.04. The van der Waals surface area contributed by atoms with E-state index in [-0.39, 0.29) is 6.04 Å². The van der Waals surface area contributed by atoms with Gasteiger partial charge in [0.1, 0.15) is 5.01 Å². The number of rotatable bonds is 5. The normalized spacial score (nSPS) is 13.8. The van der Waals surface area contributed by atoms with Gasteiger partial charge in [0, 0.05) is 12.5 Å². The first kappa shape index (κ1) is 16.8. The van der Waals surface area contributed by atoms with Crippen molar-refractivity contribution < 1.29 is 8.42 Å². The SMILES string of the molecule is C[C@H](c1nc2ccccc2s1)N(C)S(=O)(=O)/C=C/c1ccccc1. The van der Waals surface area contributed by atoms with Gasteiger partial charge in [0.05, 0.1) is 16.3 Å². The van der Waals surface area contributed by atoms with Crippen LogP contribution in [0, 0.1) is 0 Å². The molecule has 3 rings (SSSR count). The van der Waals surface area contributed by atoms with Crippen LogP contribution in [-0.4, -0.2) is 24.8 Å². The molecule has 0 fully saturated rings. The summed E-state index contributed by atoms with van der Waals surface area (Å²) in [5.74, 6) is 0.